The number of nitrogens with one attached hydrogen (secondary N) is 2. The molecule has 7 nitrogen and oxygen atoms in total. The van der Waals surface area contributed by atoms with Crippen LogP contribution in [0.25, 0.3) is 0 Å². The van der Waals surface area contributed by atoms with E-state index < -0.39 is 10.0 Å². The van der Waals surface area contributed by atoms with Gasteiger partial charge in [0.1, 0.15) is 10.6 Å². The zero-order chi connectivity index (χ0) is 19.5. The van der Waals surface area contributed by atoms with Crippen LogP contribution in [0.1, 0.15) is 44.1 Å². The molecule has 2 N–H and O–H groups in total. The molecule has 1 unspecified atom stereocenters. The summed E-state index contributed by atoms with van der Waals surface area (Å²) < 4.78 is 27.6. The summed E-state index contributed by atoms with van der Waals surface area (Å²) in [4.78, 5) is 15.2. The molecule has 1 saturated heterocycles. The molecule has 0 aromatic carbocycles. The van der Waals surface area contributed by atoms with Crippen LogP contribution in [0.5, 0.6) is 0 Å². The largest absolute Gasteiger partial charge is 0.349 e. The maximum absolute atomic E-state index is 12.6. The van der Waals surface area contributed by atoms with Crippen molar-refractivity contribution in [3.63, 3.8) is 0 Å². The fourth-order valence-electron chi connectivity index (χ4n) is 3.46. The average molecular weight is 385 g/mol. The smallest absolute Gasteiger partial charge is 0.267 e. The lowest BCUT2D eigenvalue weighted by atomic mass is 9.94. The number of aromatic nitrogens is 1. The highest BCUT2D eigenvalue weighted by Crippen LogP contribution is 2.21. The molecule has 0 spiro atoms. The molecule has 2 rings (SSSR count). The number of hydrogen-bond donors (Lipinski definition) is 2. The summed E-state index contributed by atoms with van der Waals surface area (Å²) >= 11 is 0. The quantitative estimate of drug-likeness (QED) is 0.745. The van der Waals surface area contributed by atoms with Gasteiger partial charge in [-0.05, 0) is 50.9 Å². The molecule has 1 atom stereocenters. The molecule has 1 aliphatic rings. The lowest BCUT2D eigenvalue weighted by Crippen LogP contribution is -2.49. The van der Waals surface area contributed by atoms with Gasteiger partial charge in [-0.1, -0.05) is 20.8 Å². The van der Waals surface area contributed by atoms with Crippen LogP contribution < -0.4 is 10.0 Å². The van der Waals surface area contributed by atoms with E-state index in [1.807, 2.05) is 0 Å². The summed E-state index contributed by atoms with van der Waals surface area (Å²) in [5.41, 5.74) is 0.341. The predicted octanol–water partition coefficient (Wildman–Crippen LogP) is 1.42. The Hall–Kier alpha value is -1.38. The zero-order valence-corrected chi connectivity index (χ0v) is 17.3. The molecule has 0 radical (unpaired) electrons. The number of likely N-dealkylation sites (tertiary alicyclic amines) is 1. The van der Waals surface area contributed by atoms with Gasteiger partial charge in [-0.3, -0.25) is 9.69 Å². The van der Waals surface area contributed by atoms with E-state index in [4.69, 9.17) is 0 Å². The molecule has 0 saturated carbocycles. The first-order chi connectivity index (χ1) is 12.2. The van der Waals surface area contributed by atoms with Crippen molar-refractivity contribution < 1.29 is 13.2 Å². The molecule has 1 aromatic heterocycles. The fraction of sp³-hybridized carbons (Fsp3) is 0.722. The van der Waals surface area contributed by atoms with E-state index in [2.05, 4.69) is 35.7 Å². The topological polar surface area (TPSA) is 83.4 Å². The normalized spacial score (nSPS) is 18.2. The van der Waals surface area contributed by atoms with Gasteiger partial charge in [0.15, 0.2) is 0 Å². The first-order valence-electron chi connectivity index (χ1n) is 9.28. The third-order valence-corrected chi connectivity index (χ3v) is 6.70. The van der Waals surface area contributed by atoms with Gasteiger partial charge in [0.25, 0.3) is 5.91 Å². The van der Waals surface area contributed by atoms with Crippen LogP contribution >= 0.6 is 0 Å². The number of nitrogens with zero attached hydrogens (tertiary/aromatic N) is 2. The first-order valence-corrected chi connectivity index (χ1v) is 10.8. The van der Waals surface area contributed by atoms with Crippen LogP contribution in [-0.4, -0.2) is 56.5 Å². The van der Waals surface area contributed by atoms with Crippen molar-refractivity contribution in [1.29, 1.82) is 0 Å². The minimum absolute atomic E-state index is 0.0954. The standard InChI is InChI=1S/C18H32N4O3S/c1-13(2)17(22-8-6-14(3)7-9-22)11-20-18(23)16-10-15(12-21(16)5)26(24,25)19-4/h10,12-14,17,19H,6-9,11H2,1-5H3,(H,20,23). The zero-order valence-electron chi connectivity index (χ0n) is 16.4. The van der Waals surface area contributed by atoms with E-state index >= 15 is 0 Å². The molecular weight excluding hydrogens is 352 g/mol. The lowest BCUT2D eigenvalue weighted by Gasteiger charge is -2.38. The van der Waals surface area contributed by atoms with Crippen LogP contribution in [0.3, 0.4) is 0 Å². The number of amides is 1. The number of hydrogen-bond acceptors (Lipinski definition) is 4. The van der Waals surface area contributed by atoms with Crippen molar-refractivity contribution in [2.45, 2.75) is 44.6 Å². The highest BCUT2D eigenvalue weighted by atomic mass is 32.2. The van der Waals surface area contributed by atoms with E-state index in [0.29, 0.717) is 18.2 Å². The van der Waals surface area contributed by atoms with E-state index in [0.717, 1.165) is 19.0 Å². The Morgan fingerprint density at radius 1 is 1.31 bits per heavy atom. The molecular formula is C18H32N4O3S. The second-order valence-corrected chi connectivity index (χ2v) is 9.51. The first kappa shape index (κ1) is 20.9. The summed E-state index contributed by atoms with van der Waals surface area (Å²) in [6.07, 6.45) is 3.84. The lowest BCUT2D eigenvalue weighted by molar-refractivity contribution is 0.0856. The molecule has 1 aromatic rings. The highest BCUT2D eigenvalue weighted by Gasteiger charge is 2.26. The van der Waals surface area contributed by atoms with Crippen LogP contribution in [0.15, 0.2) is 17.2 Å². The SMILES string of the molecule is CNS(=O)(=O)c1cc(C(=O)NCC(C(C)C)N2CCC(C)CC2)n(C)c1. The second-order valence-electron chi connectivity index (χ2n) is 7.62. The van der Waals surface area contributed by atoms with E-state index in [-0.39, 0.29) is 16.8 Å². The summed E-state index contributed by atoms with van der Waals surface area (Å²) in [7, 11) is -0.527. The molecule has 148 valence electrons. The number of carbonyl (C=O) groups is 1. The summed E-state index contributed by atoms with van der Waals surface area (Å²) in [5.74, 6) is 0.947. The van der Waals surface area contributed by atoms with Crippen molar-refractivity contribution in [2.24, 2.45) is 18.9 Å². The van der Waals surface area contributed by atoms with Crippen molar-refractivity contribution in [2.75, 3.05) is 26.7 Å². The van der Waals surface area contributed by atoms with Gasteiger partial charge in [-0.15, -0.1) is 0 Å². The number of aryl methyl sites for hydroxylation is 1. The number of piperidine rings is 1. The van der Waals surface area contributed by atoms with Gasteiger partial charge in [0.05, 0.1) is 0 Å². The maximum atomic E-state index is 12.6. The molecule has 0 aliphatic carbocycles. The van der Waals surface area contributed by atoms with Crippen LogP contribution in [-0.2, 0) is 17.1 Å². The van der Waals surface area contributed by atoms with Crippen molar-refractivity contribution in [1.82, 2.24) is 19.5 Å². The van der Waals surface area contributed by atoms with E-state index in [1.165, 1.54) is 32.2 Å². The number of rotatable bonds is 7. The second kappa shape index (κ2) is 8.54. The third-order valence-electron chi connectivity index (χ3n) is 5.32. The Morgan fingerprint density at radius 3 is 2.46 bits per heavy atom. The molecule has 2 heterocycles. The summed E-state index contributed by atoms with van der Waals surface area (Å²) in [6, 6.07) is 1.70. The van der Waals surface area contributed by atoms with Gasteiger partial charge in [0.2, 0.25) is 10.0 Å². The number of sulfonamides is 1. The number of carbonyl (C=O) groups excluding carboxylic acids is 1. The minimum atomic E-state index is -3.56. The Balaban J connectivity index is 2.04. The van der Waals surface area contributed by atoms with Crippen LogP contribution in [0.2, 0.25) is 0 Å². The highest BCUT2D eigenvalue weighted by molar-refractivity contribution is 7.89. The fourth-order valence-corrected chi connectivity index (χ4v) is 4.26. The predicted molar refractivity (Wildman–Crippen MR) is 103 cm³/mol. The monoisotopic (exact) mass is 384 g/mol. The van der Waals surface area contributed by atoms with Gasteiger partial charge in [0, 0.05) is 25.8 Å². The van der Waals surface area contributed by atoms with Crippen LogP contribution in [0.4, 0.5) is 0 Å². The molecule has 1 aliphatic heterocycles. The Bertz CT molecular complexity index is 719. The van der Waals surface area contributed by atoms with Crippen molar-refractivity contribution in [3.8, 4) is 0 Å². The van der Waals surface area contributed by atoms with Gasteiger partial charge in [-0.25, -0.2) is 13.1 Å². The molecule has 1 amide bonds. The maximum Gasteiger partial charge on any atom is 0.267 e. The van der Waals surface area contributed by atoms with E-state index in [9.17, 15) is 13.2 Å². The summed E-state index contributed by atoms with van der Waals surface area (Å²) in [6.45, 7) is 9.33. The van der Waals surface area contributed by atoms with Gasteiger partial charge in [-0.2, -0.15) is 0 Å². The van der Waals surface area contributed by atoms with Crippen LogP contribution in [0, 0.1) is 11.8 Å². The van der Waals surface area contributed by atoms with Gasteiger partial charge >= 0.3 is 0 Å². The summed E-state index contributed by atoms with van der Waals surface area (Å²) in [5, 5.41) is 3.00. The molecule has 1 fully saturated rings. The molecule has 8 heteroatoms. The van der Waals surface area contributed by atoms with E-state index in [1.54, 1.807) is 11.6 Å². The third kappa shape index (κ3) is 4.86. The van der Waals surface area contributed by atoms with Crippen molar-refractivity contribution in [3.05, 3.63) is 18.0 Å². The molecule has 0 bridgehead atoms. The Labute approximate surface area is 157 Å². The minimum Gasteiger partial charge on any atom is -0.349 e. The van der Waals surface area contributed by atoms with Crippen molar-refractivity contribution >= 4 is 15.9 Å². The Morgan fingerprint density at radius 2 is 1.92 bits per heavy atom. The average Bonchev–Trinajstić information content (AvgIpc) is 2.99. The van der Waals surface area contributed by atoms with Gasteiger partial charge < -0.3 is 9.88 Å². The Kier molecular flexibility index (Phi) is 6.87. The molecule has 26 heavy (non-hydrogen) atoms.